The van der Waals surface area contributed by atoms with Crippen molar-refractivity contribution in [3.8, 4) is 0 Å². The fraction of sp³-hybridized carbons (Fsp3) is 0.450. The highest BCUT2D eigenvalue weighted by Crippen LogP contribution is 2.28. The van der Waals surface area contributed by atoms with Gasteiger partial charge in [-0.1, -0.05) is 25.1 Å². The zero-order valence-corrected chi connectivity index (χ0v) is 15.5. The monoisotopic (exact) mass is 357 g/mol. The molecule has 2 heterocycles. The number of hydrogen-bond acceptors (Lipinski definition) is 4. The molecular weight excluding hydrogens is 332 g/mol. The second-order valence-electron chi connectivity index (χ2n) is 6.86. The van der Waals surface area contributed by atoms with Gasteiger partial charge < -0.3 is 9.47 Å². The Morgan fingerprint density at radius 2 is 2.15 bits per heavy atom. The molecule has 1 aromatic heterocycles. The number of nitrogens with zero attached hydrogens (tertiary/aromatic N) is 2. The van der Waals surface area contributed by atoms with Crippen molar-refractivity contribution in [1.82, 2.24) is 4.57 Å². The fourth-order valence-corrected chi connectivity index (χ4v) is 3.51. The number of ether oxygens (including phenoxy) is 2. The summed E-state index contributed by atoms with van der Waals surface area (Å²) >= 11 is 0. The van der Waals surface area contributed by atoms with Gasteiger partial charge in [-0.25, -0.2) is 9.36 Å². The SMILES string of the molecule is CC[C@@H]1C(=O)OC[C@@H]1Cc1c[n+](C)cn1COC(=O)c1ccccc1C. The second kappa shape index (κ2) is 7.72. The Morgan fingerprint density at radius 1 is 1.38 bits per heavy atom. The van der Waals surface area contributed by atoms with E-state index in [1.807, 2.05) is 60.8 Å². The number of hydrogen-bond donors (Lipinski definition) is 0. The first-order chi connectivity index (χ1) is 12.5. The molecule has 0 amide bonds. The molecule has 1 aliphatic rings. The number of rotatable bonds is 6. The van der Waals surface area contributed by atoms with Crippen LogP contribution in [0.15, 0.2) is 36.8 Å². The van der Waals surface area contributed by atoms with Gasteiger partial charge in [-0.2, -0.15) is 4.57 Å². The molecule has 138 valence electrons. The molecule has 1 aliphatic heterocycles. The summed E-state index contributed by atoms with van der Waals surface area (Å²) in [6.07, 6.45) is 5.38. The van der Waals surface area contributed by atoms with Crippen LogP contribution in [0.3, 0.4) is 0 Å². The third kappa shape index (κ3) is 3.79. The van der Waals surface area contributed by atoms with E-state index in [0.717, 1.165) is 17.7 Å². The van der Waals surface area contributed by atoms with E-state index in [0.29, 0.717) is 18.6 Å². The lowest BCUT2D eigenvalue weighted by Crippen LogP contribution is -2.24. The number of carbonyl (C=O) groups is 2. The average molecular weight is 357 g/mol. The maximum absolute atomic E-state index is 12.3. The largest absolute Gasteiger partial charge is 0.465 e. The highest BCUT2D eigenvalue weighted by atomic mass is 16.5. The van der Waals surface area contributed by atoms with E-state index in [4.69, 9.17) is 9.47 Å². The number of cyclic esters (lactones) is 1. The van der Waals surface area contributed by atoms with Gasteiger partial charge in [0.05, 0.1) is 25.1 Å². The van der Waals surface area contributed by atoms with E-state index < -0.39 is 0 Å². The number of benzene rings is 1. The van der Waals surface area contributed by atoms with Gasteiger partial charge >= 0.3 is 11.9 Å². The van der Waals surface area contributed by atoms with Crippen LogP contribution in [0, 0.1) is 18.8 Å². The summed E-state index contributed by atoms with van der Waals surface area (Å²) in [5, 5.41) is 0. The highest BCUT2D eigenvalue weighted by molar-refractivity contribution is 5.90. The van der Waals surface area contributed by atoms with Crippen LogP contribution in [0.5, 0.6) is 0 Å². The molecule has 1 aromatic carbocycles. The third-order valence-corrected chi connectivity index (χ3v) is 4.97. The molecule has 2 atom stereocenters. The number of aromatic nitrogens is 2. The van der Waals surface area contributed by atoms with Gasteiger partial charge in [-0.05, 0) is 25.0 Å². The summed E-state index contributed by atoms with van der Waals surface area (Å²) in [6.45, 7) is 4.49. The molecule has 0 radical (unpaired) electrons. The molecule has 1 fully saturated rings. The van der Waals surface area contributed by atoms with Crippen LogP contribution in [-0.4, -0.2) is 23.1 Å². The predicted octanol–water partition coefficient (Wildman–Crippen LogP) is 2.18. The molecule has 26 heavy (non-hydrogen) atoms. The molecule has 0 N–H and O–H groups in total. The molecule has 3 rings (SSSR count). The fourth-order valence-electron chi connectivity index (χ4n) is 3.51. The van der Waals surface area contributed by atoms with Crippen molar-refractivity contribution < 1.29 is 23.6 Å². The summed E-state index contributed by atoms with van der Waals surface area (Å²) in [4.78, 5) is 24.1. The lowest BCUT2D eigenvalue weighted by atomic mass is 9.89. The molecule has 2 aromatic rings. The van der Waals surface area contributed by atoms with E-state index in [-0.39, 0.29) is 30.5 Å². The maximum Gasteiger partial charge on any atom is 0.341 e. The zero-order chi connectivity index (χ0) is 18.7. The van der Waals surface area contributed by atoms with E-state index >= 15 is 0 Å². The van der Waals surface area contributed by atoms with Gasteiger partial charge in [0.25, 0.3) is 0 Å². The number of aryl methyl sites for hydroxylation is 2. The maximum atomic E-state index is 12.3. The van der Waals surface area contributed by atoms with Crippen molar-refractivity contribution in [3.63, 3.8) is 0 Å². The van der Waals surface area contributed by atoms with E-state index in [2.05, 4.69) is 0 Å². The second-order valence-corrected chi connectivity index (χ2v) is 6.86. The van der Waals surface area contributed by atoms with Crippen LogP contribution in [0.2, 0.25) is 0 Å². The smallest absolute Gasteiger partial charge is 0.341 e. The van der Waals surface area contributed by atoms with E-state index in [1.165, 1.54) is 0 Å². The van der Waals surface area contributed by atoms with Crippen molar-refractivity contribution in [2.75, 3.05) is 6.61 Å². The first-order valence-corrected chi connectivity index (χ1v) is 8.93. The molecule has 0 saturated carbocycles. The minimum Gasteiger partial charge on any atom is -0.465 e. The summed E-state index contributed by atoms with van der Waals surface area (Å²) < 4.78 is 14.6. The third-order valence-electron chi connectivity index (χ3n) is 4.97. The molecule has 0 spiro atoms. The van der Waals surface area contributed by atoms with Crippen molar-refractivity contribution in [2.45, 2.75) is 33.4 Å². The molecular formula is C20H25N2O4+. The molecule has 0 unspecified atom stereocenters. The van der Waals surface area contributed by atoms with Gasteiger partial charge in [-0.15, -0.1) is 0 Å². The minimum absolute atomic E-state index is 0.0572. The summed E-state index contributed by atoms with van der Waals surface area (Å²) in [6, 6.07) is 7.37. The van der Waals surface area contributed by atoms with Crippen LogP contribution < -0.4 is 4.57 Å². The van der Waals surface area contributed by atoms with Crippen LogP contribution in [0.4, 0.5) is 0 Å². The van der Waals surface area contributed by atoms with E-state index in [9.17, 15) is 9.59 Å². The Hall–Kier alpha value is -2.63. The lowest BCUT2D eigenvalue weighted by Gasteiger charge is -2.12. The van der Waals surface area contributed by atoms with Gasteiger partial charge in [-0.3, -0.25) is 4.79 Å². The molecule has 1 saturated heterocycles. The Bertz CT molecular complexity index is 812. The van der Waals surface area contributed by atoms with Gasteiger partial charge in [0.15, 0.2) is 0 Å². The molecule has 0 bridgehead atoms. The topological polar surface area (TPSA) is 61.4 Å². The number of imidazole rings is 1. The average Bonchev–Trinajstić information content (AvgIpc) is 3.15. The quantitative estimate of drug-likeness (QED) is 0.587. The first kappa shape index (κ1) is 18.2. The lowest BCUT2D eigenvalue weighted by molar-refractivity contribution is -0.671. The van der Waals surface area contributed by atoms with Crippen LogP contribution in [-0.2, 0) is 34.5 Å². The highest BCUT2D eigenvalue weighted by Gasteiger charge is 2.37. The van der Waals surface area contributed by atoms with Crippen LogP contribution in [0.25, 0.3) is 0 Å². The number of carbonyl (C=O) groups excluding carboxylic acids is 2. The number of esters is 2. The van der Waals surface area contributed by atoms with Gasteiger partial charge in [0.2, 0.25) is 13.1 Å². The van der Waals surface area contributed by atoms with Crippen LogP contribution >= 0.6 is 0 Å². The van der Waals surface area contributed by atoms with Gasteiger partial charge in [0, 0.05) is 12.3 Å². The summed E-state index contributed by atoms with van der Waals surface area (Å²) in [5.74, 6) is -0.339. The van der Waals surface area contributed by atoms with Crippen molar-refractivity contribution in [3.05, 3.63) is 53.6 Å². The Kier molecular flexibility index (Phi) is 5.40. The van der Waals surface area contributed by atoms with Crippen LogP contribution in [0.1, 0.15) is 35.0 Å². The standard InChI is InChI=1S/C20H25N2O4/c1-4-17-15(11-25-19(17)23)9-16-10-21(3)12-22(16)13-26-20(24)18-8-6-5-7-14(18)2/h5-8,10,12,15,17H,4,9,11,13H2,1-3H3/q+1/t15-,17-/m0/s1. The first-order valence-electron chi connectivity index (χ1n) is 8.93. The zero-order valence-electron chi connectivity index (χ0n) is 15.5. The van der Waals surface area contributed by atoms with Crippen molar-refractivity contribution in [2.24, 2.45) is 18.9 Å². The Morgan fingerprint density at radius 3 is 2.88 bits per heavy atom. The summed E-state index contributed by atoms with van der Waals surface area (Å²) in [7, 11) is 1.93. The van der Waals surface area contributed by atoms with Gasteiger partial charge in [0.1, 0.15) is 11.9 Å². The Labute approximate surface area is 153 Å². The predicted molar refractivity (Wildman–Crippen MR) is 94.1 cm³/mol. The Balaban J connectivity index is 1.69. The molecule has 6 heteroatoms. The van der Waals surface area contributed by atoms with Crippen molar-refractivity contribution >= 4 is 11.9 Å². The van der Waals surface area contributed by atoms with E-state index in [1.54, 1.807) is 6.07 Å². The minimum atomic E-state index is -0.337. The molecule has 6 nitrogen and oxygen atoms in total. The molecule has 0 aliphatic carbocycles. The summed E-state index contributed by atoms with van der Waals surface area (Å²) in [5.41, 5.74) is 2.49. The van der Waals surface area contributed by atoms with Crippen molar-refractivity contribution in [1.29, 1.82) is 0 Å². The normalized spacial score (nSPS) is 19.4.